The summed E-state index contributed by atoms with van der Waals surface area (Å²) in [4.78, 5) is 27.8. The lowest BCUT2D eigenvalue weighted by Crippen LogP contribution is -2.47. The van der Waals surface area contributed by atoms with Crippen LogP contribution in [0.2, 0.25) is 0 Å². The summed E-state index contributed by atoms with van der Waals surface area (Å²) >= 11 is 0. The van der Waals surface area contributed by atoms with E-state index >= 15 is 0 Å². The first-order valence-electron chi connectivity index (χ1n) is 8.86. The Balaban J connectivity index is 3.08. The van der Waals surface area contributed by atoms with Crippen LogP contribution >= 0.6 is 0 Å². The molecule has 0 heterocycles. The van der Waals surface area contributed by atoms with Crippen molar-refractivity contribution >= 4 is 18.1 Å². The predicted molar refractivity (Wildman–Crippen MR) is 101 cm³/mol. The van der Waals surface area contributed by atoms with E-state index in [4.69, 9.17) is 9.47 Å². The summed E-state index contributed by atoms with van der Waals surface area (Å²) in [7, 11) is 0. The average Bonchev–Trinajstić information content (AvgIpc) is 2.47. The van der Waals surface area contributed by atoms with E-state index in [0.717, 1.165) is 6.07 Å². The predicted octanol–water partition coefficient (Wildman–Crippen LogP) is 4.75. The molecule has 0 bridgehead atoms. The molecule has 0 radical (unpaired) electrons. The summed E-state index contributed by atoms with van der Waals surface area (Å²) in [5.74, 6) is -1.53. The van der Waals surface area contributed by atoms with Gasteiger partial charge in [0.05, 0.1) is 12.1 Å². The number of carbonyl (C=O) groups excluding carboxylic acids is 2. The Morgan fingerprint density at radius 2 is 1.37 bits per heavy atom. The highest BCUT2D eigenvalue weighted by Gasteiger charge is 2.31. The first kappa shape index (κ1) is 25.2. The smallest absolute Gasteiger partial charge is 0.416 e. The normalized spacial score (nSPS) is 12.1. The van der Waals surface area contributed by atoms with E-state index < -0.39 is 53.4 Å². The lowest BCUT2D eigenvalue weighted by Gasteiger charge is -2.22. The van der Waals surface area contributed by atoms with Crippen LogP contribution in [0.25, 0.3) is 0 Å². The van der Waals surface area contributed by atoms with Crippen molar-refractivity contribution in [1.29, 1.82) is 0 Å². The molecular weight excluding hydrogens is 410 g/mol. The van der Waals surface area contributed by atoms with Crippen LogP contribution in [-0.2, 0) is 22.2 Å². The number of alkyl carbamates (subject to hydrolysis) is 2. The average molecular weight is 435 g/mol. The summed E-state index contributed by atoms with van der Waals surface area (Å²) < 4.78 is 62.2. The Hall–Kier alpha value is -2.85. The minimum absolute atomic E-state index is 0.128. The van der Waals surface area contributed by atoms with Crippen molar-refractivity contribution in [3.8, 4) is 0 Å². The molecule has 0 saturated carbocycles. The van der Waals surface area contributed by atoms with Crippen molar-refractivity contribution in [3.05, 3.63) is 35.1 Å². The number of halogens is 4. The molecule has 2 amide bonds. The third kappa shape index (κ3) is 10.1. The van der Waals surface area contributed by atoms with Crippen molar-refractivity contribution < 1.29 is 36.6 Å². The van der Waals surface area contributed by atoms with Crippen molar-refractivity contribution in [2.45, 2.75) is 65.5 Å². The van der Waals surface area contributed by atoms with Gasteiger partial charge < -0.3 is 9.47 Å². The number of rotatable bonds is 2. The molecule has 168 valence electrons. The van der Waals surface area contributed by atoms with Crippen molar-refractivity contribution in [2.75, 3.05) is 0 Å². The van der Waals surface area contributed by atoms with Gasteiger partial charge in [0.25, 0.3) is 0 Å². The molecule has 1 aromatic carbocycles. The van der Waals surface area contributed by atoms with Crippen LogP contribution < -0.4 is 10.6 Å². The number of nitrogens with zero attached hydrogens (tertiary/aromatic N) is 1. The van der Waals surface area contributed by atoms with E-state index in [9.17, 15) is 27.2 Å². The van der Waals surface area contributed by atoms with Gasteiger partial charge in [0.15, 0.2) is 0 Å². The second-order valence-electron chi connectivity index (χ2n) is 8.26. The van der Waals surface area contributed by atoms with Crippen LogP contribution in [-0.4, -0.2) is 29.3 Å². The second kappa shape index (κ2) is 9.31. The van der Waals surface area contributed by atoms with E-state index in [2.05, 4.69) is 15.6 Å². The molecule has 7 nitrogen and oxygen atoms in total. The highest BCUT2D eigenvalue weighted by molar-refractivity contribution is 6.01. The van der Waals surface area contributed by atoms with Crippen LogP contribution in [0.1, 0.15) is 52.7 Å². The van der Waals surface area contributed by atoms with Crippen LogP contribution in [0.15, 0.2) is 23.2 Å². The van der Waals surface area contributed by atoms with Gasteiger partial charge in [-0.3, -0.25) is 10.6 Å². The molecule has 0 aliphatic carbocycles. The number of aliphatic imine (C=N–C) groups is 1. The number of hydrogen-bond donors (Lipinski definition) is 2. The zero-order chi connectivity index (χ0) is 23.3. The summed E-state index contributed by atoms with van der Waals surface area (Å²) in [5.41, 5.74) is -3.03. The Morgan fingerprint density at radius 3 is 1.77 bits per heavy atom. The molecule has 30 heavy (non-hydrogen) atoms. The van der Waals surface area contributed by atoms with E-state index in [-0.39, 0.29) is 5.56 Å². The third-order valence-corrected chi connectivity index (χ3v) is 2.94. The minimum atomic E-state index is -4.74. The van der Waals surface area contributed by atoms with Gasteiger partial charge in [-0.25, -0.2) is 19.0 Å². The Kier molecular flexibility index (Phi) is 7.82. The number of benzene rings is 1. The standard InChI is InChI=1S/C19H25F4N3O4/c1-17(2,3)29-15(27)25-14(26-16(28)30-18(4,5)6)24-10-11-7-12(19(21,22)23)9-13(20)8-11/h7-9H,10H2,1-6H3,(H2,24,25,26,27,28). The Bertz CT molecular complexity index is 777. The fourth-order valence-corrected chi connectivity index (χ4v) is 1.99. The molecule has 0 aromatic heterocycles. The molecule has 0 atom stereocenters. The number of hydrogen-bond acceptors (Lipinski definition) is 5. The maximum Gasteiger partial charge on any atom is 0.416 e. The molecule has 0 unspecified atom stereocenters. The lowest BCUT2D eigenvalue weighted by atomic mass is 10.1. The molecule has 1 aromatic rings. The number of amides is 2. The van der Waals surface area contributed by atoms with E-state index in [1.807, 2.05) is 0 Å². The zero-order valence-corrected chi connectivity index (χ0v) is 17.5. The van der Waals surface area contributed by atoms with Crippen molar-refractivity contribution in [3.63, 3.8) is 0 Å². The quantitative estimate of drug-likeness (QED) is 0.399. The minimum Gasteiger partial charge on any atom is -0.444 e. The fourth-order valence-electron chi connectivity index (χ4n) is 1.99. The maximum atomic E-state index is 13.5. The van der Waals surface area contributed by atoms with Crippen molar-refractivity contribution in [2.24, 2.45) is 4.99 Å². The van der Waals surface area contributed by atoms with Gasteiger partial charge in [0, 0.05) is 0 Å². The number of ether oxygens (including phenoxy) is 2. The highest BCUT2D eigenvalue weighted by atomic mass is 19.4. The van der Waals surface area contributed by atoms with Crippen LogP contribution in [0.4, 0.5) is 27.2 Å². The highest BCUT2D eigenvalue weighted by Crippen LogP contribution is 2.30. The molecule has 11 heteroatoms. The summed E-state index contributed by atoms with van der Waals surface area (Å²) in [6.07, 6.45) is -6.67. The van der Waals surface area contributed by atoms with Crippen LogP contribution in [0.3, 0.4) is 0 Å². The van der Waals surface area contributed by atoms with Crippen LogP contribution in [0, 0.1) is 5.82 Å². The number of alkyl halides is 3. The maximum absolute atomic E-state index is 13.5. The summed E-state index contributed by atoms with van der Waals surface area (Å²) in [6.45, 7) is 9.17. The third-order valence-electron chi connectivity index (χ3n) is 2.94. The molecule has 0 fully saturated rings. The number of nitrogens with one attached hydrogen (secondary N) is 2. The van der Waals surface area contributed by atoms with Gasteiger partial charge in [-0.15, -0.1) is 0 Å². The van der Waals surface area contributed by atoms with Gasteiger partial charge in [-0.2, -0.15) is 13.2 Å². The zero-order valence-electron chi connectivity index (χ0n) is 17.5. The molecule has 0 aliphatic rings. The second-order valence-corrected chi connectivity index (χ2v) is 8.26. The van der Waals surface area contributed by atoms with Gasteiger partial charge >= 0.3 is 18.4 Å². The SMILES string of the molecule is CC(C)(C)OC(=O)NC(=NCc1cc(F)cc(C(F)(F)F)c1)NC(=O)OC(C)(C)C. The molecule has 0 saturated heterocycles. The molecule has 0 spiro atoms. The van der Waals surface area contributed by atoms with Gasteiger partial charge in [-0.05, 0) is 65.3 Å². The van der Waals surface area contributed by atoms with E-state index in [1.54, 1.807) is 41.5 Å². The number of guanidine groups is 1. The Morgan fingerprint density at radius 1 is 0.900 bits per heavy atom. The molecule has 1 rings (SSSR count). The summed E-state index contributed by atoms with van der Waals surface area (Å²) in [5, 5.41) is 4.36. The first-order chi connectivity index (χ1) is 13.4. The summed E-state index contributed by atoms with van der Waals surface area (Å²) in [6, 6.07) is 1.93. The van der Waals surface area contributed by atoms with E-state index in [1.165, 1.54) is 0 Å². The lowest BCUT2D eigenvalue weighted by molar-refractivity contribution is -0.137. The first-order valence-corrected chi connectivity index (χ1v) is 8.86. The number of carbonyl (C=O) groups is 2. The monoisotopic (exact) mass is 435 g/mol. The molecule has 2 N–H and O–H groups in total. The largest absolute Gasteiger partial charge is 0.444 e. The van der Waals surface area contributed by atoms with Gasteiger partial charge in [0.1, 0.15) is 17.0 Å². The molecule has 0 aliphatic heterocycles. The fraction of sp³-hybridized carbons (Fsp3) is 0.526. The van der Waals surface area contributed by atoms with Crippen molar-refractivity contribution in [1.82, 2.24) is 10.6 Å². The Labute approximate surface area is 171 Å². The van der Waals surface area contributed by atoms with Gasteiger partial charge in [0.2, 0.25) is 5.96 Å². The van der Waals surface area contributed by atoms with Crippen LogP contribution in [0.5, 0.6) is 0 Å². The topological polar surface area (TPSA) is 89.0 Å². The van der Waals surface area contributed by atoms with Gasteiger partial charge in [-0.1, -0.05) is 0 Å². The van der Waals surface area contributed by atoms with E-state index in [0.29, 0.717) is 12.1 Å². The molecular formula is C19H25F4N3O4.